The van der Waals surface area contributed by atoms with Crippen LogP contribution in [0, 0.1) is 6.92 Å². The number of hydrogen-bond acceptors (Lipinski definition) is 5. The van der Waals surface area contributed by atoms with Gasteiger partial charge in [0.25, 0.3) is 0 Å². The maximum absolute atomic E-state index is 5.15. The van der Waals surface area contributed by atoms with Crippen LogP contribution in [0.1, 0.15) is 24.0 Å². The van der Waals surface area contributed by atoms with Gasteiger partial charge in [-0.15, -0.1) is 5.10 Å². The normalized spacial score (nSPS) is 11.0. The smallest absolute Gasteiger partial charge is 0.187 e. The molecular formula is C14H16N6S. The number of aromatic nitrogens is 3. The number of hydrogen-bond donors (Lipinski definition) is 2. The van der Waals surface area contributed by atoms with Crippen LogP contribution in [0.25, 0.3) is 0 Å². The van der Waals surface area contributed by atoms with Crippen molar-refractivity contribution in [1.29, 1.82) is 0 Å². The van der Waals surface area contributed by atoms with Crippen LogP contribution in [0.5, 0.6) is 0 Å². The summed E-state index contributed by atoms with van der Waals surface area (Å²) in [6.07, 6.45) is 1.74. The molecule has 2 aromatic rings. The Balaban J connectivity index is 1.85. The highest BCUT2D eigenvalue weighted by Gasteiger charge is 2.01. The molecule has 6 nitrogen and oxygen atoms in total. The number of nitrogens with one attached hydrogen (secondary N) is 2. The molecule has 0 amide bonds. The Morgan fingerprint density at radius 3 is 2.76 bits per heavy atom. The second kappa shape index (κ2) is 7.39. The van der Waals surface area contributed by atoms with Gasteiger partial charge in [0.05, 0.1) is 23.6 Å². The third-order valence-electron chi connectivity index (χ3n) is 2.65. The summed E-state index contributed by atoms with van der Waals surface area (Å²) in [5.74, 6) is 0. The lowest BCUT2D eigenvalue weighted by Crippen LogP contribution is -2.32. The van der Waals surface area contributed by atoms with E-state index >= 15 is 0 Å². The molecule has 0 saturated carbocycles. The van der Waals surface area contributed by atoms with Crippen molar-refractivity contribution in [2.24, 2.45) is 5.10 Å². The molecule has 21 heavy (non-hydrogen) atoms. The summed E-state index contributed by atoms with van der Waals surface area (Å²) in [6.45, 7) is 4.28. The molecule has 2 rings (SSSR count). The highest BCUT2D eigenvalue weighted by Crippen LogP contribution is 1.97. The van der Waals surface area contributed by atoms with Gasteiger partial charge in [0.1, 0.15) is 5.69 Å². The SMILES string of the molecule is C/C(=N\NC(=S)NCc1ccccn1)c1ccc(C)nn1. The largest absolute Gasteiger partial charge is 0.356 e. The lowest BCUT2D eigenvalue weighted by Gasteiger charge is -2.07. The first kappa shape index (κ1) is 15.0. The molecule has 0 bridgehead atoms. The topological polar surface area (TPSA) is 75.1 Å². The van der Waals surface area contributed by atoms with E-state index in [2.05, 4.69) is 31.0 Å². The molecule has 0 aliphatic heterocycles. The molecule has 7 heteroatoms. The minimum absolute atomic E-state index is 0.431. The fraction of sp³-hybridized carbons (Fsp3) is 0.214. The molecule has 0 saturated heterocycles. The van der Waals surface area contributed by atoms with E-state index < -0.39 is 0 Å². The highest BCUT2D eigenvalue weighted by atomic mass is 32.1. The Bertz CT molecular complexity index is 624. The number of nitrogens with zero attached hydrogens (tertiary/aromatic N) is 4. The molecule has 0 aliphatic carbocycles. The van der Waals surface area contributed by atoms with Crippen LogP contribution in [0.4, 0.5) is 0 Å². The lowest BCUT2D eigenvalue weighted by molar-refractivity contribution is 0.839. The van der Waals surface area contributed by atoms with E-state index in [0.717, 1.165) is 11.4 Å². The number of aryl methyl sites for hydroxylation is 1. The van der Waals surface area contributed by atoms with Crippen molar-refractivity contribution in [2.75, 3.05) is 0 Å². The molecule has 2 N–H and O–H groups in total. The predicted octanol–water partition coefficient (Wildman–Crippen LogP) is 1.57. The highest BCUT2D eigenvalue weighted by molar-refractivity contribution is 7.80. The van der Waals surface area contributed by atoms with Gasteiger partial charge in [-0.2, -0.15) is 10.2 Å². The van der Waals surface area contributed by atoms with Gasteiger partial charge in [0, 0.05) is 6.20 Å². The van der Waals surface area contributed by atoms with Crippen molar-refractivity contribution < 1.29 is 0 Å². The van der Waals surface area contributed by atoms with Crippen molar-refractivity contribution in [2.45, 2.75) is 20.4 Å². The predicted molar refractivity (Wildman–Crippen MR) is 85.8 cm³/mol. The minimum Gasteiger partial charge on any atom is -0.356 e. The molecule has 108 valence electrons. The third-order valence-corrected chi connectivity index (χ3v) is 2.89. The summed E-state index contributed by atoms with van der Waals surface area (Å²) in [6, 6.07) is 9.48. The Hall–Kier alpha value is -2.41. The van der Waals surface area contributed by atoms with E-state index in [0.29, 0.717) is 23.1 Å². The summed E-state index contributed by atoms with van der Waals surface area (Å²) >= 11 is 5.15. The molecule has 0 fully saturated rings. The fourth-order valence-electron chi connectivity index (χ4n) is 1.50. The molecule has 2 heterocycles. The summed E-state index contributed by atoms with van der Waals surface area (Å²) in [5.41, 5.74) is 5.98. The van der Waals surface area contributed by atoms with Gasteiger partial charge in [0.15, 0.2) is 5.11 Å². The molecule has 2 aromatic heterocycles. The van der Waals surface area contributed by atoms with Crippen LogP contribution in [0.15, 0.2) is 41.6 Å². The van der Waals surface area contributed by atoms with E-state index in [9.17, 15) is 0 Å². The summed E-state index contributed by atoms with van der Waals surface area (Å²) in [5, 5.41) is 15.7. The summed E-state index contributed by atoms with van der Waals surface area (Å²) in [7, 11) is 0. The van der Waals surface area contributed by atoms with Crippen molar-refractivity contribution in [1.82, 2.24) is 25.9 Å². The first-order valence-corrected chi connectivity index (χ1v) is 6.85. The molecule has 0 aromatic carbocycles. The van der Waals surface area contributed by atoms with Crippen LogP contribution in [-0.2, 0) is 6.54 Å². The minimum atomic E-state index is 0.431. The van der Waals surface area contributed by atoms with Crippen molar-refractivity contribution >= 4 is 23.0 Å². The van der Waals surface area contributed by atoms with Gasteiger partial charge in [-0.1, -0.05) is 6.07 Å². The Kier molecular flexibility index (Phi) is 5.28. The van der Waals surface area contributed by atoms with Crippen LogP contribution < -0.4 is 10.7 Å². The zero-order chi connectivity index (χ0) is 15.1. The molecule has 0 radical (unpaired) electrons. The van der Waals surface area contributed by atoms with Gasteiger partial charge in [-0.05, 0) is 50.3 Å². The second-order valence-electron chi connectivity index (χ2n) is 4.37. The number of pyridine rings is 1. The summed E-state index contributed by atoms with van der Waals surface area (Å²) < 4.78 is 0. The molecule has 0 aliphatic rings. The summed E-state index contributed by atoms with van der Waals surface area (Å²) in [4.78, 5) is 4.20. The van der Waals surface area contributed by atoms with Crippen LogP contribution in [-0.4, -0.2) is 26.0 Å². The van der Waals surface area contributed by atoms with Gasteiger partial charge < -0.3 is 5.32 Å². The molecule has 0 unspecified atom stereocenters. The Morgan fingerprint density at radius 1 is 1.24 bits per heavy atom. The van der Waals surface area contributed by atoms with E-state index in [1.165, 1.54) is 0 Å². The molecular weight excluding hydrogens is 284 g/mol. The second-order valence-corrected chi connectivity index (χ2v) is 4.78. The fourth-order valence-corrected chi connectivity index (χ4v) is 1.61. The van der Waals surface area contributed by atoms with Crippen LogP contribution in [0.2, 0.25) is 0 Å². The van der Waals surface area contributed by atoms with E-state index in [4.69, 9.17) is 12.2 Å². The standard InChI is InChI=1S/C14H16N6S/c1-10-6-7-13(19-17-10)11(2)18-20-14(21)16-9-12-5-3-4-8-15-12/h3-8H,9H2,1-2H3,(H2,16,20,21)/b18-11+. The van der Waals surface area contributed by atoms with E-state index in [1.54, 1.807) is 6.20 Å². The zero-order valence-electron chi connectivity index (χ0n) is 11.9. The first-order valence-electron chi connectivity index (χ1n) is 6.44. The molecule has 0 atom stereocenters. The van der Waals surface area contributed by atoms with E-state index in [1.807, 2.05) is 44.2 Å². The van der Waals surface area contributed by atoms with Gasteiger partial charge in [-0.3, -0.25) is 10.4 Å². The average Bonchev–Trinajstić information content (AvgIpc) is 2.52. The van der Waals surface area contributed by atoms with Crippen LogP contribution in [0.3, 0.4) is 0 Å². The van der Waals surface area contributed by atoms with Crippen molar-refractivity contribution in [3.05, 3.63) is 53.6 Å². The van der Waals surface area contributed by atoms with E-state index in [-0.39, 0.29) is 0 Å². The first-order chi connectivity index (χ1) is 10.1. The maximum Gasteiger partial charge on any atom is 0.187 e. The van der Waals surface area contributed by atoms with Gasteiger partial charge in [-0.25, -0.2) is 0 Å². The maximum atomic E-state index is 5.15. The number of hydrazone groups is 1. The Morgan fingerprint density at radius 2 is 2.10 bits per heavy atom. The van der Waals surface area contributed by atoms with Gasteiger partial charge >= 0.3 is 0 Å². The monoisotopic (exact) mass is 300 g/mol. The zero-order valence-corrected chi connectivity index (χ0v) is 12.7. The third kappa shape index (κ3) is 4.88. The quantitative estimate of drug-likeness (QED) is 0.507. The number of rotatable bonds is 4. The van der Waals surface area contributed by atoms with Crippen molar-refractivity contribution in [3.8, 4) is 0 Å². The van der Waals surface area contributed by atoms with Crippen molar-refractivity contribution in [3.63, 3.8) is 0 Å². The van der Waals surface area contributed by atoms with Gasteiger partial charge in [0.2, 0.25) is 0 Å². The lowest BCUT2D eigenvalue weighted by atomic mass is 10.3. The molecule has 0 spiro atoms. The van der Waals surface area contributed by atoms with Crippen LogP contribution >= 0.6 is 12.2 Å². The number of thiocarbonyl (C=S) groups is 1. The Labute approximate surface area is 128 Å². The average molecular weight is 300 g/mol.